The highest BCUT2D eigenvalue weighted by Gasteiger charge is 2.17. The third kappa shape index (κ3) is 3.28. The fraction of sp³-hybridized carbons (Fsp3) is 0.615. The second kappa shape index (κ2) is 5.63. The molecule has 1 N–H and O–H groups in total. The molecule has 4 heteroatoms. The van der Waals surface area contributed by atoms with Crippen LogP contribution in [-0.4, -0.2) is 16.3 Å². The summed E-state index contributed by atoms with van der Waals surface area (Å²) in [4.78, 5) is 10.8. The molecule has 17 heavy (non-hydrogen) atoms. The molecule has 0 aliphatic heterocycles. The Bertz CT molecular complexity index is 391. The number of furan rings is 1. The molecule has 1 saturated carbocycles. The molecule has 0 radical (unpaired) electrons. The SMILES string of the molecule is Cc1oc(C(=O)O)cc1CSC1CCCCC1. The minimum atomic E-state index is -0.984. The number of hydrogen-bond acceptors (Lipinski definition) is 3. The zero-order chi connectivity index (χ0) is 12.3. The molecule has 1 aromatic rings. The first-order chi connectivity index (χ1) is 8.16. The van der Waals surface area contributed by atoms with Crippen molar-refractivity contribution in [1.29, 1.82) is 0 Å². The number of carbonyl (C=O) groups is 1. The molecule has 94 valence electrons. The van der Waals surface area contributed by atoms with Crippen molar-refractivity contribution in [2.45, 2.75) is 50.0 Å². The maximum atomic E-state index is 10.8. The fourth-order valence-corrected chi connectivity index (χ4v) is 3.58. The van der Waals surface area contributed by atoms with Crippen molar-refractivity contribution in [1.82, 2.24) is 0 Å². The molecule has 0 unspecified atom stereocenters. The Morgan fingerprint density at radius 3 is 2.76 bits per heavy atom. The van der Waals surface area contributed by atoms with Crippen LogP contribution in [0, 0.1) is 6.92 Å². The lowest BCUT2D eigenvalue weighted by molar-refractivity contribution is 0.0661. The molecule has 1 aromatic heterocycles. The number of carboxylic acids is 1. The Balaban J connectivity index is 1.91. The number of rotatable bonds is 4. The van der Waals surface area contributed by atoms with Crippen molar-refractivity contribution in [3.63, 3.8) is 0 Å². The summed E-state index contributed by atoms with van der Waals surface area (Å²) >= 11 is 1.94. The molecule has 0 bridgehead atoms. The molecule has 3 nitrogen and oxygen atoms in total. The van der Waals surface area contributed by atoms with E-state index in [1.54, 1.807) is 6.07 Å². The standard InChI is InChI=1S/C13H18O3S/c1-9-10(7-12(16-9)13(14)15)8-17-11-5-3-2-4-6-11/h7,11H,2-6,8H2,1H3,(H,14,15). The highest BCUT2D eigenvalue weighted by molar-refractivity contribution is 7.99. The first kappa shape index (κ1) is 12.6. The second-order valence-corrected chi connectivity index (χ2v) is 5.86. The average Bonchev–Trinajstić information content (AvgIpc) is 2.70. The minimum absolute atomic E-state index is 0.0572. The summed E-state index contributed by atoms with van der Waals surface area (Å²) in [5, 5.41) is 9.58. The molecule has 2 rings (SSSR count). The molecular weight excluding hydrogens is 236 g/mol. The van der Waals surface area contributed by atoms with Gasteiger partial charge in [0.2, 0.25) is 5.76 Å². The smallest absolute Gasteiger partial charge is 0.371 e. The summed E-state index contributed by atoms with van der Waals surface area (Å²) in [6, 6.07) is 1.66. The Morgan fingerprint density at radius 2 is 2.18 bits per heavy atom. The van der Waals surface area contributed by atoms with Crippen LogP contribution >= 0.6 is 11.8 Å². The quantitative estimate of drug-likeness (QED) is 0.886. The Kier molecular flexibility index (Phi) is 4.15. The molecule has 0 atom stereocenters. The summed E-state index contributed by atoms with van der Waals surface area (Å²) in [5.41, 5.74) is 1.03. The monoisotopic (exact) mass is 254 g/mol. The number of aromatic carboxylic acids is 1. The van der Waals surface area contributed by atoms with Gasteiger partial charge in [-0.1, -0.05) is 19.3 Å². The summed E-state index contributed by atoms with van der Waals surface area (Å²) in [7, 11) is 0. The van der Waals surface area contributed by atoms with Crippen molar-refractivity contribution in [2.24, 2.45) is 0 Å². The molecule has 1 heterocycles. The van der Waals surface area contributed by atoms with E-state index >= 15 is 0 Å². The third-order valence-electron chi connectivity index (χ3n) is 3.26. The van der Waals surface area contributed by atoms with Crippen molar-refractivity contribution < 1.29 is 14.3 Å². The van der Waals surface area contributed by atoms with Crippen LogP contribution in [0.1, 0.15) is 54.0 Å². The van der Waals surface area contributed by atoms with Crippen LogP contribution in [0.25, 0.3) is 0 Å². The number of carboxylic acid groups (broad SMARTS) is 1. The molecule has 0 saturated heterocycles. The van der Waals surface area contributed by atoms with Crippen LogP contribution < -0.4 is 0 Å². The van der Waals surface area contributed by atoms with Gasteiger partial charge in [-0.25, -0.2) is 4.79 Å². The van der Waals surface area contributed by atoms with Crippen LogP contribution in [0.15, 0.2) is 10.5 Å². The summed E-state index contributed by atoms with van der Waals surface area (Å²) in [6.07, 6.45) is 6.64. The number of thioether (sulfide) groups is 1. The van der Waals surface area contributed by atoms with Gasteiger partial charge in [-0.3, -0.25) is 0 Å². The van der Waals surface area contributed by atoms with Gasteiger partial charge in [-0.15, -0.1) is 0 Å². The van der Waals surface area contributed by atoms with Crippen LogP contribution in [0.3, 0.4) is 0 Å². The van der Waals surface area contributed by atoms with Crippen molar-refractivity contribution in [3.8, 4) is 0 Å². The van der Waals surface area contributed by atoms with E-state index < -0.39 is 5.97 Å². The van der Waals surface area contributed by atoms with Gasteiger partial charge in [-0.05, 0) is 25.8 Å². The summed E-state index contributed by atoms with van der Waals surface area (Å²) in [6.45, 7) is 1.84. The molecule has 0 aromatic carbocycles. The van der Waals surface area contributed by atoms with Gasteiger partial charge in [0, 0.05) is 16.6 Å². The van der Waals surface area contributed by atoms with E-state index in [1.807, 2.05) is 18.7 Å². The molecular formula is C13H18O3S. The predicted molar refractivity (Wildman–Crippen MR) is 68.6 cm³/mol. The Morgan fingerprint density at radius 1 is 1.47 bits per heavy atom. The third-order valence-corrected chi connectivity index (χ3v) is 4.68. The van der Waals surface area contributed by atoms with Gasteiger partial charge in [0.15, 0.2) is 0 Å². The largest absolute Gasteiger partial charge is 0.475 e. The molecule has 0 spiro atoms. The van der Waals surface area contributed by atoms with E-state index in [9.17, 15) is 4.79 Å². The Hall–Kier alpha value is -0.900. The van der Waals surface area contributed by atoms with Crippen molar-refractivity contribution >= 4 is 17.7 Å². The lowest BCUT2D eigenvalue weighted by Gasteiger charge is -2.20. The molecule has 1 aliphatic rings. The number of hydrogen-bond donors (Lipinski definition) is 1. The zero-order valence-electron chi connectivity index (χ0n) is 10.1. The van der Waals surface area contributed by atoms with Gasteiger partial charge in [0.25, 0.3) is 0 Å². The van der Waals surface area contributed by atoms with E-state index in [2.05, 4.69) is 0 Å². The molecule has 1 aliphatic carbocycles. The normalized spacial score (nSPS) is 17.2. The Labute approximate surface area is 106 Å². The van der Waals surface area contributed by atoms with E-state index in [4.69, 9.17) is 9.52 Å². The van der Waals surface area contributed by atoms with Gasteiger partial charge in [0.05, 0.1) is 0 Å². The van der Waals surface area contributed by atoms with Crippen LogP contribution in [0.5, 0.6) is 0 Å². The second-order valence-electron chi connectivity index (χ2n) is 4.57. The fourth-order valence-electron chi connectivity index (χ4n) is 2.21. The van der Waals surface area contributed by atoms with Crippen LogP contribution in [0.2, 0.25) is 0 Å². The molecule has 0 amide bonds. The summed E-state index contributed by atoms with van der Waals surface area (Å²) in [5.74, 6) is 0.683. The highest BCUT2D eigenvalue weighted by atomic mass is 32.2. The minimum Gasteiger partial charge on any atom is -0.475 e. The lowest BCUT2D eigenvalue weighted by atomic mass is 10.0. The van der Waals surface area contributed by atoms with Crippen molar-refractivity contribution in [2.75, 3.05) is 0 Å². The van der Waals surface area contributed by atoms with Crippen LogP contribution in [-0.2, 0) is 5.75 Å². The predicted octanol–water partition coefficient (Wildman–Crippen LogP) is 3.85. The molecule has 1 fully saturated rings. The maximum Gasteiger partial charge on any atom is 0.371 e. The van der Waals surface area contributed by atoms with Crippen molar-refractivity contribution in [3.05, 3.63) is 23.2 Å². The van der Waals surface area contributed by atoms with Gasteiger partial charge in [0.1, 0.15) is 5.76 Å². The summed E-state index contributed by atoms with van der Waals surface area (Å²) < 4.78 is 5.20. The average molecular weight is 254 g/mol. The topological polar surface area (TPSA) is 50.4 Å². The zero-order valence-corrected chi connectivity index (χ0v) is 10.9. The maximum absolute atomic E-state index is 10.8. The van der Waals surface area contributed by atoms with Gasteiger partial charge < -0.3 is 9.52 Å². The highest BCUT2D eigenvalue weighted by Crippen LogP contribution is 2.31. The van der Waals surface area contributed by atoms with E-state index in [-0.39, 0.29) is 5.76 Å². The first-order valence-corrected chi connectivity index (χ1v) is 7.16. The van der Waals surface area contributed by atoms with Gasteiger partial charge >= 0.3 is 5.97 Å². The van der Waals surface area contributed by atoms with E-state index in [0.717, 1.165) is 22.3 Å². The van der Waals surface area contributed by atoms with Gasteiger partial charge in [-0.2, -0.15) is 11.8 Å². The number of aryl methyl sites for hydroxylation is 1. The van der Waals surface area contributed by atoms with E-state index in [1.165, 1.54) is 32.1 Å². The first-order valence-electron chi connectivity index (χ1n) is 6.11. The lowest BCUT2D eigenvalue weighted by Crippen LogP contribution is -2.08. The van der Waals surface area contributed by atoms with Crippen LogP contribution in [0.4, 0.5) is 0 Å². The van der Waals surface area contributed by atoms with E-state index in [0.29, 0.717) is 0 Å².